The fraction of sp³-hybridized carbons (Fsp3) is 0.458. The van der Waals surface area contributed by atoms with Crippen LogP contribution < -0.4 is 4.74 Å². The molecule has 2 fully saturated rings. The molecule has 1 atom stereocenters. The smallest absolute Gasteiger partial charge is 0.227 e. The van der Waals surface area contributed by atoms with Gasteiger partial charge in [0.1, 0.15) is 17.7 Å². The van der Waals surface area contributed by atoms with Crippen LogP contribution in [-0.4, -0.2) is 58.9 Å². The molecule has 2 aliphatic heterocycles. The van der Waals surface area contributed by atoms with Crippen molar-refractivity contribution in [2.24, 2.45) is 5.92 Å². The van der Waals surface area contributed by atoms with Gasteiger partial charge in [-0.3, -0.25) is 14.6 Å². The molecule has 0 aliphatic carbocycles. The van der Waals surface area contributed by atoms with E-state index in [1.807, 2.05) is 23.1 Å². The van der Waals surface area contributed by atoms with Crippen LogP contribution in [0.3, 0.4) is 0 Å². The maximum atomic E-state index is 13.3. The van der Waals surface area contributed by atoms with Crippen molar-refractivity contribution in [1.82, 2.24) is 14.8 Å². The molecule has 1 aromatic heterocycles. The van der Waals surface area contributed by atoms with Gasteiger partial charge in [0.05, 0.1) is 5.92 Å². The minimum absolute atomic E-state index is 0.0198. The monoisotopic (exact) mass is 425 g/mol. The van der Waals surface area contributed by atoms with Gasteiger partial charge in [-0.15, -0.1) is 0 Å². The summed E-state index contributed by atoms with van der Waals surface area (Å²) in [5.74, 6) is 0.299. The van der Waals surface area contributed by atoms with Crippen LogP contribution in [0.1, 0.15) is 31.4 Å². The second-order valence-electron chi connectivity index (χ2n) is 8.25. The van der Waals surface area contributed by atoms with Gasteiger partial charge in [0, 0.05) is 69.8 Å². The third kappa shape index (κ3) is 5.60. The van der Waals surface area contributed by atoms with Crippen LogP contribution in [0.5, 0.6) is 5.75 Å². The molecule has 164 valence electrons. The largest absolute Gasteiger partial charge is 0.490 e. The van der Waals surface area contributed by atoms with Crippen LogP contribution in [0, 0.1) is 11.7 Å². The number of amides is 2. The van der Waals surface area contributed by atoms with Gasteiger partial charge in [0.25, 0.3) is 0 Å². The Morgan fingerprint density at radius 3 is 2.71 bits per heavy atom. The van der Waals surface area contributed by atoms with Gasteiger partial charge < -0.3 is 14.5 Å². The summed E-state index contributed by atoms with van der Waals surface area (Å²) in [7, 11) is 0. The van der Waals surface area contributed by atoms with Crippen molar-refractivity contribution in [2.45, 2.75) is 38.2 Å². The average Bonchev–Trinajstić information content (AvgIpc) is 2.79. The molecule has 3 heterocycles. The Labute approximate surface area is 182 Å². The predicted octanol–water partition coefficient (Wildman–Crippen LogP) is 3.07. The fourth-order valence-corrected chi connectivity index (χ4v) is 4.31. The van der Waals surface area contributed by atoms with Crippen LogP contribution in [0.2, 0.25) is 0 Å². The van der Waals surface area contributed by atoms with E-state index in [-0.39, 0.29) is 29.7 Å². The molecule has 0 saturated carbocycles. The van der Waals surface area contributed by atoms with Gasteiger partial charge in [0.2, 0.25) is 11.8 Å². The number of ether oxygens (including phenoxy) is 1. The molecule has 0 radical (unpaired) electrons. The molecule has 2 aromatic rings. The van der Waals surface area contributed by atoms with E-state index in [4.69, 9.17) is 4.74 Å². The van der Waals surface area contributed by atoms with Crippen LogP contribution in [0.4, 0.5) is 4.39 Å². The van der Waals surface area contributed by atoms with E-state index in [0.717, 1.165) is 18.5 Å². The van der Waals surface area contributed by atoms with E-state index in [1.165, 1.54) is 12.1 Å². The van der Waals surface area contributed by atoms with Crippen molar-refractivity contribution < 1.29 is 18.7 Å². The van der Waals surface area contributed by atoms with E-state index in [9.17, 15) is 14.0 Å². The predicted molar refractivity (Wildman–Crippen MR) is 114 cm³/mol. The highest BCUT2D eigenvalue weighted by molar-refractivity contribution is 5.84. The molecule has 0 spiro atoms. The number of halogens is 1. The van der Waals surface area contributed by atoms with Crippen molar-refractivity contribution >= 4 is 11.8 Å². The second-order valence-corrected chi connectivity index (χ2v) is 8.25. The van der Waals surface area contributed by atoms with Crippen molar-refractivity contribution in [3.63, 3.8) is 0 Å². The molecule has 31 heavy (non-hydrogen) atoms. The summed E-state index contributed by atoms with van der Waals surface area (Å²) in [6, 6.07) is 11.9. The number of carbonyl (C=O) groups is 2. The number of nitrogens with zero attached hydrogens (tertiary/aromatic N) is 3. The molecule has 0 N–H and O–H groups in total. The first-order valence-corrected chi connectivity index (χ1v) is 11.0. The lowest BCUT2D eigenvalue weighted by molar-refractivity contribution is -0.144. The number of hydrogen-bond acceptors (Lipinski definition) is 4. The van der Waals surface area contributed by atoms with Gasteiger partial charge in [-0.2, -0.15) is 0 Å². The Balaban J connectivity index is 1.26. The molecule has 4 rings (SSSR count). The lowest BCUT2D eigenvalue weighted by atomic mass is 9.94. The Morgan fingerprint density at radius 2 is 1.97 bits per heavy atom. The van der Waals surface area contributed by atoms with Crippen molar-refractivity contribution in [2.75, 3.05) is 26.2 Å². The SMILES string of the molecule is O=C1CC[C@@H](C(=O)N2CCC(Oc3cccc(F)c3)CC2)CN1CCc1ccccn1. The molecule has 0 bridgehead atoms. The van der Waals surface area contributed by atoms with Crippen LogP contribution in [-0.2, 0) is 16.0 Å². The van der Waals surface area contributed by atoms with Gasteiger partial charge in [-0.1, -0.05) is 12.1 Å². The molecular formula is C24H28FN3O3. The number of hydrogen-bond donors (Lipinski definition) is 0. The standard InChI is InChI=1S/C24H28FN3O3/c25-19-4-3-6-22(16-19)31-21-10-14-27(15-11-21)24(30)18-7-8-23(29)28(17-18)13-9-20-5-1-2-12-26-20/h1-6,12,16,18,21H,7-11,13-15,17H2/t18-/m1/s1. The second kappa shape index (κ2) is 9.90. The summed E-state index contributed by atoms with van der Waals surface area (Å²) >= 11 is 0. The molecule has 1 aromatic carbocycles. The van der Waals surface area contributed by atoms with Crippen molar-refractivity contribution in [3.8, 4) is 5.75 Å². The van der Waals surface area contributed by atoms with Crippen molar-refractivity contribution in [1.29, 1.82) is 0 Å². The number of likely N-dealkylation sites (tertiary alicyclic amines) is 2. The highest BCUT2D eigenvalue weighted by atomic mass is 19.1. The van der Waals surface area contributed by atoms with Crippen LogP contribution >= 0.6 is 0 Å². The first-order chi connectivity index (χ1) is 15.1. The number of carbonyl (C=O) groups excluding carboxylic acids is 2. The number of rotatable bonds is 6. The molecule has 6 nitrogen and oxygen atoms in total. The molecule has 2 aliphatic rings. The molecule has 2 saturated heterocycles. The van der Waals surface area contributed by atoms with Crippen molar-refractivity contribution in [3.05, 3.63) is 60.2 Å². The summed E-state index contributed by atoms with van der Waals surface area (Å²) < 4.78 is 19.2. The lowest BCUT2D eigenvalue weighted by Gasteiger charge is -2.37. The minimum Gasteiger partial charge on any atom is -0.490 e. The van der Waals surface area contributed by atoms with Gasteiger partial charge >= 0.3 is 0 Å². The third-order valence-electron chi connectivity index (χ3n) is 6.07. The Morgan fingerprint density at radius 1 is 1.13 bits per heavy atom. The summed E-state index contributed by atoms with van der Waals surface area (Å²) in [6.07, 6.45) is 4.88. The summed E-state index contributed by atoms with van der Waals surface area (Å²) in [5.41, 5.74) is 0.948. The number of pyridine rings is 1. The molecular weight excluding hydrogens is 397 g/mol. The fourth-order valence-electron chi connectivity index (χ4n) is 4.31. The topological polar surface area (TPSA) is 62.7 Å². The maximum Gasteiger partial charge on any atom is 0.227 e. The van der Waals surface area contributed by atoms with E-state index in [1.54, 1.807) is 23.2 Å². The van der Waals surface area contributed by atoms with E-state index >= 15 is 0 Å². The van der Waals surface area contributed by atoms with Gasteiger partial charge in [0.15, 0.2) is 0 Å². The van der Waals surface area contributed by atoms with E-state index < -0.39 is 0 Å². The number of benzene rings is 1. The normalized spacial score (nSPS) is 20.0. The van der Waals surface area contributed by atoms with Gasteiger partial charge in [-0.25, -0.2) is 4.39 Å². The number of piperidine rings is 2. The molecule has 2 amide bonds. The van der Waals surface area contributed by atoms with E-state index in [0.29, 0.717) is 51.2 Å². The quantitative estimate of drug-likeness (QED) is 0.714. The summed E-state index contributed by atoms with van der Waals surface area (Å²) in [4.78, 5) is 33.4. The molecule has 7 heteroatoms. The summed E-state index contributed by atoms with van der Waals surface area (Å²) in [6.45, 7) is 2.31. The van der Waals surface area contributed by atoms with Crippen LogP contribution in [0.15, 0.2) is 48.7 Å². The zero-order valence-corrected chi connectivity index (χ0v) is 17.6. The zero-order valence-electron chi connectivity index (χ0n) is 17.6. The molecule has 0 unspecified atom stereocenters. The Hall–Kier alpha value is -2.96. The minimum atomic E-state index is -0.315. The van der Waals surface area contributed by atoms with Crippen LogP contribution in [0.25, 0.3) is 0 Å². The Kier molecular flexibility index (Phi) is 6.79. The van der Waals surface area contributed by atoms with Gasteiger partial charge in [-0.05, 0) is 30.7 Å². The summed E-state index contributed by atoms with van der Waals surface area (Å²) in [5, 5.41) is 0. The highest BCUT2D eigenvalue weighted by Gasteiger charge is 2.34. The zero-order chi connectivity index (χ0) is 21.6. The average molecular weight is 426 g/mol. The lowest BCUT2D eigenvalue weighted by Crippen LogP contribution is -2.50. The highest BCUT2D eigenvalue weighted by Crippen LogP contribution is 2.24. The first kappa shape index (κ1) is 21.3. The van der Waals surface area contributed by atoms with E-state index in [2.05, 4.69) is 4.98 Å². The maximum absolute atomic E-state index is 13.3. The Bertz CT molecular complexity index is 900. The third-order valence-corrected chi connectivity index (χ3v) is 6.07. The first-order valence-electron chi connectivity index (χ1n) is 11.0. The number of aromatic nitrogens is 1.